The van der Waals surface area contributed by atoms with Gasteiger partial charge in [-0.3, -0.25) is 4.79 Å². The van der Waals surface area contributed by atoms with Crippen LogP contribution in [-0.4, -0.2) is 25.2 Å². The Balaban J connectivity index is 1.93. The van der Waals surface area contributed by atoms with E-state index < -0.39 is 17.2 Å². The van der Waals surface area contributed by atoms with Crippen LogP contribution < -0.4 is 11.2 Å². The molecule has 0 fully saturated rings. The van der Waals surface area contributed by atoms with Gasteiger partial charge >= 0.3 is 11.7 Å². The first-order valence-corrected chi connectivity index (χ1v) is 11.1. The fourth-order valence-corrected chi connectivity index (χ4v) is 4.60. The maximum absolute atomic E-state index is 13.5. The van der Waals surface area contributed by atoms with Gasteiger partial charge in [0, 0.05) is 21.4 Å². The number of aromatic nitrogens is 3. The zero-order valence-electron chi connectivity index (χ0n) is 16.9. The number of hydrogen-bond donors (Lipinski definition) is 2. The summed E-state index contributed by atoms with van der Waals surface area (Å²) in [6.07, 6.45) is 0. The zero-order valence-corrected chi connectivity index (χ0v) is 19.2. The summed E-state index contributed by atoms with van der Waals surface area (Å²) in [5.41, 5.74) is 0.181. The Morgan fingerprint density at radius 2 is 1.76 bits per heavy atom. The van der Waals surface area contributed by atoms with Crippen molar-refractivity contribution in [2.24, 2.45) is 0 Å². The number of benzene rings is 3. The molecule has 2 aromatic heterocycles. The molecule has 0 bridgehead atoms. The SMILES string of the molecule is O=C(O)c1c(-n2c(=O)[nH]c3ccc(Br)cc3c2=O)c2cc(Cl)ccc2n1Cc1ccccc1. The number of aromatic carboxylic acids is 1. The van der Waals surface area contributed by atoms with Gasteiger partial charge in [0.25, 0.3) is 5.56 Å². The van der Waals surface area contributed by atoms with Crippen molar-refractivity contribution < 1.29 is 9.90 Å². The van der Waals surface area contributed by atoms with Crippen LogP contribution in [0.4, 0.5) is 0 Å². The lowest BCUT2D eigenvalue weighted by molar-refractivity contribution is 0.0686. The molecule has 5 rings (SSSR count). The molecule has 9 heteroatoms. The topological polar surface area (TPSA) is 97.1 Å². The van der Waals surface area contributed by atoms with Crippen LogP contribution in [0.2, 0.25) is 5.02 Å². The quantitative estimate of drug-likeness (QED) is 0.353. The summed E-state index contributed by atoms with van der Waals surface area (Å²) >= 11 is 9.58. The van der Waals surface area contributed by atoms with Gasteiger partial charge in [-0.25, -0.2) is 14.2 Å². The van der Waals surface area contributed by atoms with E-state index in [4.69, 9.17) is 11.6 Å². The van der Waals surface area contributed by atoms with Gasteiger partial charge in [0.2, 0.25) is 0 Å². The molecule has 0 aliphatic rings. The highest BCUT2D eigenvalue weighted by molar-refractivity contribution is 9.10. The minimum absolute atomic E-state index is 0.0240. The predicted molar refractivity (Wildman–Crippen MR) is 131 cm³/mol. The molecule has 0 aliphatic carbocycles. The van der Waals surface area contributed by atoms with Gasteiger partial charge < -0.3 is 14.7 Å². The molecule has 0 radical (unpaired) electrons. The summed E-state index contributed by atoms with van der Waals surface area (Å²) < 4.78 is 3.10. The van der Waals surface area contributed by atoms with Crippen LogP contribution in [0.15, 0.2) is 80.8 Å². The van der Waals surface area contributed by atoms with Crippen molar-refractivity contribution in [1.29, 1.82) is 0 Å². The van der Waals surface area contributed by atoms with Gasteiger partial charge in [0.15, 0.2) is 5.69 Å². The number of H-pyrrole nitrogens is 1. The van der Waals surface area contributed by atoms with Crippen molar-refractivity contribution in [1.82, 2.24) is 14.1 Å². The van der Waals surface area contributed by atoms with Gasteiger partial charge in [-0.1, -0.05) is 57.9 Å². The minimum Gasteiger partial charge on any atom is -0.477 e. The number of halogens is 2. The van der Waals surface area contributed by atoms with E-state index in [9.17, 15) is 19.5 Å². The Bertz CT molecular complexity index is 1690. The average Bonchev–Trinajstić information content (AvgIpc) is 3.08. The standard InChI is InChI=1S/C24H15BrClN3O4/c25-14-6-8-18-16(10-14)22(30)29(24(33)27-18)20-17-11-15(26)7-9-19(17)28(21(20)23(31)32)12-13-4-2-1-3-5-13/h1-11H,12H2,(H,27,33)(H,31,32). The Kier molecular flexibility index (Phi) is 5.19. The van der Waals surface area contributed by atoms with E-state index in [0.717, 1.165) is 10.1 Å². The normalized spacial score (nSPS) is 11.3. The second-order valence-electron chi connectivity index (χ2n) is 7.50. The highest BCUT2D eigenvalue weighted by Gasteiger charge is 2.27. The van der Waals surface area contributed by atoms with Gasteiger partial charge in [-0.15, -0.1) is 0 Å². The fourth-order valence-electron chi connectivity index (χ4n) is 4.07. The molecule has 0 spiro atoms. The molecule has 0 aliphatic heterocycles. The van der Waals surface area contributed by atoms with Crippen molar-refractivity contribution in [2.45, 2.75) is 6.54 Å². The number of nitrogens with one attached hydrogen (secondary N) is 1. The third kappa shape index (κ3) is 3.57. The van der Waals surface area contributed by atoms with Gasteiger partial charge in [0.05, 0.1) is 22.1 Å². The summed E-state index contributed by atoms with van der Waals surface area (Å²) in [7, 11) is 0. The molecule has 7 nitrogen and oxygen atoms in total. The van der Waals surface area contributed by atoms with Crippen LogP contribution in [0, 0.1) is 0 Å². The smallest absolute Gasteiger partial charge is 0.354 e. The zero-order chi connectivity index (χ0) is 23.3. The van der Waals surface area contributed by atoms with Gasteiger partial charge in [-0.05, 0) is 42.0 Å². The summed E-state index contributed by atoms with van der Waals surface area (Å²) in [6, 6.07) is 19.1. The molecule has 2 heterocycles. The van der Waals surface area contributed by atoms with Gasteiger partial charge in [-0.2, -0.15) is 0 Å². The number of carboxylic acid groups (broad SMARTS) is 1. The van der Waals surface area contributed by atoms with Gasteiger partial charge in [0.1, 0.15) is 0 Å². The van der Waals surface area contributed by atoms with E-state index in [1.165, 1.54) is 0 Å². The van der Waals surface area contributed by atoms with Crippen LogP contribution >= 0.6 is 27.5 Å². The first-order chi connectivity index (χ1) is 15.8. The van der Waals surface area contributed by atoms with Crippen molar-refractivity contribution in [3.63, 3.8) is 0 Å². The summed E-state index contributed by atoms with van der Waals surface area (Å²) in [6.45, 7) is 0.229. The molecule has 3 aromatic carbocycles. The van der Waals surface area contributed by atoms with Crippen molar-refractivity contribution in [3.05, 3.63) is 108 Å². The van der Waals surface area contributed by atoms with Crippen molar-refractivity contribution >= 4 is 55.3 Å². The van der Waals surface area contributed by atoms with Crippen LogP contribution in [0.25, 0.3) is 27.5 Å². The molecular formula is C24H15BrClN3O4. The Hall–Kier alpha value is -3.62. The molecule has 164 valence electrons. The summed E-state index contributed by atoms with van der Waals surface area (Å²) in [4.78, 5) is 41.7. The molecule has 0 unspecified atom stereocenters. The largest absolute Gasteiger partial charge is 0.477 e. The second kappa shape index (κ2) is 8.06. The first-order valence-electron chi connectivity index (χ1n) is 9.89. The lowest BCUT2D eigenvalue weighted by Gasteiger charge is -2.10. The molecule has 0 saturated heterocycles. The van der Waals surface area contributed by atoms with Crippen molar-refractivity contribution in [3.8, 4) is 5.69 Å². The van der Waals surface area contributed by atoms with E-state index in [0.29, 0.717) is 25.9 Å². The molecule has 0 atom stereocenters. The average molecular weight is 525 g/mol. The highest BCUT2D eigenvalue weighted by atomic mass is 79.9. The third-order valence-corrected chi connectivity index (χ3v) is 6.20. The Morgan fingerprint density at radius 3 is 2.48 bits per heavy atom. The molecule has 0 amide bonds. The van der Waals surface area contributed by atoms with Crippen LogP contribution in [0.5, 0.6) is 0 Å². The molecule has 33 heavy (non-hydrogen) atoms. The lowest BCUT2D eigenvalue weighted by atomic mass is 10.2. The maximum atomic E-state index is 13.5. The van der Waals surface area contributed by atoms with E-state index >= 15 is 0 Å². The summed E-state index contributed by atoms with van der Waals surface area (Å²) in [5, 5.41) is 11.2. The van der Waals surface area contributed by atoms with Crippen molar-refractivity contribution in [2.75, 3.05) is 0 Å². The summed E-state index contributed by atoms with van der Waals surface area (Å²) in [5.74, 6) is -1.27. The predicted octanol–water partition coefficient (Wildman–Crippen LogP) is 4.80. The number of hydrogen-bond acceptors (Lipinski definition) is 3. The number of rotatable bonds is 4. The number of aromatic amines is 1. The van der Waals surface area contributed by atoms with E-state index in [1.807, 2.05) is 30.3 Å². The van der Waals surface area contributed by atoms with Crippen LogP contribution in [-0.2, 0) is 6.54 Å². The molecular weight excluding hydrogens is 510 g/mol. The van der Waals surface area contributed by atoms with E-state index in [-0.39, 0.29) is 23.3 Å². The number of carbonyl (C=O) groups is 1. The molecule has 5 aromatic rings. The minimum atomic E-state index is -1.27. The Morgan fingerprint density at radius 1 is 1.00 bits per heavy atom. The second-order valence-corrected chi connectivity index (χ2v) is 8.85. The number of nitrogens with zero attached hydrogens (tertiary/aromatic N) is 2. The molecule has 2 N–H and O–H groups in total. The van der Waals surface area contributed by atoms with Crippen LogP contribution in [0.1, 0.15) is 16.1 Å². The maximum Gasteiger partial charge on any atom is 0.354 e. The van der Waals surface area contributed by atoms with E-state index in [2.05, 4.69) is 20.9 Å². The van der Waals surface area contributed by atoms with E-state index in [1.54, 1.807) is 41.0 Å². The Labute approximate surface area is 199 Å². The lowest BCUT2D eigenvalue weighted by Crippen LogP contribution is -2.34. The number of fused-ring (bicyclic) bond motifs is 2. The molecule has 0 saturated carbocycles. The van der Waals surface area contributed by atoms with Crippen LogP contribution in [0.3, 0.4) is 0 Å². The highest BCUT2D eigenvalue weighted by Crippen LogP contribution is 2.32. The monoisotopic (exact) mass is 523 g/mol. The third-order valence-electron chi connectivity index (χ3n) is 5.47. The number of carboxylic acids is 1. The first kappa shape index (κ1) is 21.2. The fraction of sp³-hybridized carbons (Fsp3) is 0.0417.